The summed E-state index contributed by atoms with van der Waals surface area (Å²) in [6.07, 6.45) is 0. The van der Waals surface area contributed by atoms with E-state index in [0.29, 0.717) is 5.02 Å². The largest absolute Gasteiger partial charge is 0.398 e. The fraction of sp³-hybridized carbons (Fsp3) is 0. The molecule has 2 aromatic carbocycles. The van der Waals surface area contributed by atoms with Gasteiger partial charge in [-0.3, -0.25) is 4.79 Å². The minimum absolute atomic E-state index is 0.0282. The topological polar surface area (TPSA) is 69.1 Å². The Morgan fingerprint density at radius 3 is 2.63 bits per heavy atom. The van der Waals surface area contributed by atoms with Gasteiger partial charge in [0, 0.05) is 20.5 Å². The average Bonchev–Trinajstić information content (AvgIpc) is 2.32. The van der Waals surface area contributed by atoms with Crippen LogP contribution in [-0.4, -0.2) is 5.91 Å². The van der Waals surface area contributed by atoms with Crippen LogP contribution in [0.25, 0.3) is 0 Å². The molecular weight excluding hydrogens is 287 g/mol. The first-order valence-corrected chi connectivity index (χ1v) is 6.49. The Hall–Kier alpha value is -1.72. The predicted molar refractivity (Wildman–Crippen MR) is 74.9 cm³/mol. The Kier molecular flexibility index (Phi) is 3.97. The molecule has 0 radical (unpaired) electrons. The van der Waals surface area contributed by atoms with Crippen molar-refractivity contribution in [3.8, 4) is 0 Å². The number of nitrogens with two attached hydrogens (primary N) is 2. The molecule has 0 aliphatic heterocycles. The van der Waals surface area contributed by atoms with Crippen molar-refractivity contribution >= 4 is 35.0 Å². The van der Waals surface area contributed by atoms with E-state index in [1.807, 2.05) is 0 Å². The molecule has 0 saturated carbocycles. The number of nitrogen functional groups attached to an aromatic ring is 1. The summed E-state index contributed by atoms with van der Waals surface area (Å²) in [5.41, 5.74) is 10.8. The molecule has 0 aromatic heterocycles. The molecular formula is C13H10ClFN2OS. The monoisotopic (exact) mass is 296 g/mol. The molecule has 0 bridgehead atoms. The second kappa shape index (κ2) is 5.50. The maximum absolute atomic E-state index is 13.8. The number of hydrogen-bond acceptors (Lipinski definition) is 3. The van der Waals surface area contributed by atoms with Crippen LogP contribution in [0.5, 0.6) is 0 Å². The van der Waals surface area contributed by atoms with E-state index >= 15 is 0 Å². The van der Waals surface area contributed by atoms with E-state index in [0.717, 1.165) is 22.7 Å². The minimum atomic E-state index is -0.689. The second-order valence-electron chi connectivity index (χ2n) is 3.79. The fourth-order valence-corrected chi connectivity index (χ4v) is 2.69. The van der Waals surface area contributed by atoms with E-state index in [2.05, 4.69) is 0 Å². The molecule has 0 heterocycles. The Balaban J connectivity index is 2.40. The molecule has 0 saturated heterocycles. The maximum Gasteiger partial charge on any atom is 0.250 e. The summed E-state index contributed by atoms with van der Waals surface area (Å²) < 4.78 is 13.8. The zero-order chi connectivity index (χ0) is 14.0. The SMILES string of the molecule is NC(=O)c1cc(Sc2cccc(Cl)c2)c(F)cc1N. The maximum atomic E-state index is 13.8. The third kappa shape index (κ3) is 3.19. The Morgan fingerprint density at radius 2 is 2.00 bits per heavy atom. The molecule has 0 aliphatic carbocycles. The highest BCUT2D eigenvalue weighted by atomic mass is 35.5. The molecule has 0 fully saturated rings. The molecule has 2 aromatic rings. The second-order valence-corrected chi connectivity index (χ2v) is 5.35. The van der Waals surface area contributed by atoms with Crippen LogP contribution >= 0.6 is 23.4 Å². The van der Waals surface area contributed by atoms with Gasteiger partial charge in [-0.2, -0.15) is 0 Å². The van der Waals surface area contributed by atoms with E-state index in [9.17, 15) is 9.18 Å². The molecule has 0 spiro atoms. The molecule has 98 valence electrons. The smallest absolute Gasteiger partial charge is 0.250 e. The summed E-state index contributed by atoms with van der Waals surface area (Å²) in [4.78, 5) is 12.2. The van der Waals surface area contributed by atoms with Crippen LogP contribution in [0.15, 0.2) is 46.2 Å². The van der Waals surface area contributed by atoms with Crippen molar-refractivity contribution in [2.24, 2.45) is 5.73 Å². The molecule has 0 atom stereocenters. The van der Waals surface area contributed by atoms with Crippen molar-refractivity contribution in [3.63, 3.8) is 0 Å². The third-order valence-corrected chi connectivity index (χ3v) is 3.65. The highest BCUT2D eigenvalue weighted by molar-refractivity contribution is 7.99. The van der Waals surface area contributed by atoms with Crippen molar-refractivity contribution in [3.05, 3.63) is 52.8 Å². The van der Waals surface area contributed by atoms with Gasteiger partial charge < -0.3 is 11.5 Å². The van der Waals surface area contributed by atoms with Crippen molar-refractivity contribution in [2.75, 3.05) is 5.73 Å². The predicted octanol–water partition coefficient (Wildman–Crippen LogP) is 3.31. The van der Waals surface area contributed by atoms with Gasteiger partial charge in [0.15, 0.2) is 0 Å². The lowest BCUT2D eigenvalue weighted by atomic mass is 10.1. The van der Waals surface area contributed by atoms with Crippen molar-refractivity contribution in [1.82, 2.24) is 0 Å². The lowest BCUT2D eigenvalue weighted by molar-refractivity contribution is 0.100. The first kappa shape index (κ1) is 13.7. The highest BCUT2D eigenvalue weighted by Gasteiger charge is 2.13. The lowest BCUT2D eigenvalue weighted by Gasteiger charge is -2.08. The van der Waals surface area contributed by atoms with Crippen LogP contribution in [-0.2, 0) is 0 Å². The minimum Gasteiger partial charge on any atom is -0.398 e. The molecule has 6 heteroatoms. The van der Waals surface area contributed by atoms with Gasteiger partial charge in [-0.1, -0.05) is 29.4 Å². The van der Waals surface area contributed by atoms with E-state index in [1.54, 1.807) is 24.3 Å². The van der Waals surface area contributed by atoms with E-state index < -0.39 is 11.7 Å². The molecule has 4 N–H and O–H groups in total. The summed E-state index contributed by atoms with van der Waals surface area (Å²) in [6.45, 7) is 0. The fourth-order valence-electron chi connectivity index (χ4n) is 1.52. The van der Waals surface area contributed by atoms with Crippen LogP contribution in [0.1, 0.15) is 10.4 Å². The Morgan fingerprint density at radius 1 is 1.26 bits per heavy atom. The first-order chi connectivity index (χ1) is 8.97. The summed E-state index contributed by atoms with van der Waals surface area (Å²) in [5.74, 6) is -1.20. The highest BCUT2D eigenvalue weighted by Crippen LogP contribution is 2.33. The number of carbonyl (C=O) groups is 1. The van der Waals surface area contributed by atoms with Gasteiger partial charge in [0.1, 0.15) is 5.82 Å². The number of hydrogen-bond donors (Lipinski definition) is 2. The van der Waals surface area contributed by atoms with Gasteiger partial charge in [0.05, 0.1) is 5.56 Å². The standard InChI is InChI=1S/C13H10ClFN2OS/c14-7-2-1-3-8(4-7)19-12-5-9(13(17)18)11(16)6-10(12)15/h1-6H,16H2,(H2,17,18). The molecule has 3 nitrogen and oxygen atoms in total. The number of halogens is 2. The lowest BCUT2D eigenvalue weighted by Crippen LogP contribution is -2.14. The molecule has 1 amide bonds. The van der Waals surface area contributed by atoms with Crippen LogP contribution in [0.2, 0.25) is 5.02 Å². The molecule has 19 heavy (non-hydrogen) atoms. The normalized spacial score (nSPS) is 10.4. The number of primary amides is 1. The third-order valence-electron chi connectivity index (χ3n) is 2.39. The van der Waals surface area contributed by atoms with Crippen molar-refractivity contribution in [2.45, 2.75) is 9.79 Å². The van der Waals surface area contributed by atoms with Crippen LogP contribution in [0.3, 0.4) is 0 Å². The van der Waals surface area contributed by atoms with Gasteiger partial charge in [-0.15, -0.1) is 0 Å². The van der Waals surface area contributed by atoms with Crippen molar-refractivity contribution < 1.29 is 9.18 Å². The number of benzene rings is 2. The average molecular weight is 297 g/mol. The summed E-state index contributed by atoms with van der Waals surface area (Å²) in [6, 6.07) is 9.41. The number of anilines is 1. The number of amides is 1. The molecule has 0 aliphatic rings. The van der Waals surface area contributed by atoms with Gasteiger partial charge in [0.25, 0.3) is 5.91 Å². The quantitative estimate of drug-likeness (QED) is 0.854. The van der Waals surface area contributed by atoms with E-state index in [1.165, 1.54) is 6.07 Å². The van der Waals surface area contributed by atoms with Gasteiger partial charge in [-0.05, 0) is 30.3 Å². The van der Waals surface area contributed by atoms with Crippen LogP contribution < -0.4 is 11.5 Å². The summed E-state index contributed by atoms with van der Waals surface area (Å²) in [5, 5.41) is 0.552. The van der Waals surface area contributed by atoms with E-state index in [4.69, 9.17) is 23.1 Å². The van der Waals surface area contributed by atoms with Crippen LogP contribution in [0, 0.1) is 5.82 Å². The zero-order valence-electron chi connectivity index (χ0n) is 9.69. The zero-order valence-corrected chi connectivity index (χ0v) is 11.3. The Labute approximate surface area is 118 Å². The first-order valence-electron chi connectivity index (χ1n) is 5.29. The summed E-state index contributed by atoms with van der Waals surface area (Å²) >= 11 is 7.00. The van der Waals surface area contributed by atoms with Gasteiger partial charge in [-0.25, -0.2) is 4.39 Å². The Bertz CT molecular complexity index is 649. The molecule has 2 rings (SSSR count). The van der Waals surface area contributed by atoms with Gasteiger partial charge >= 0.3 is 0 Å². The van der Waals surface area contributed by atoms with E-state index in [-0.39, 0.29) is 16.1 Å². The number of carbonyl (C=O) groups excluding carboxylic acids is 1. The van der Waals surface area contributed by atoms with Gasteiger partial charge in [0.2, 0.25) is 0 Å². The summed E-state index contributed by atoms with van der Waals surface area (Å²) in [7, 11) is 0. The molecule has 0 unspecified atom stereocenters. The van der Waals surface area contributed by atoms with Crippen LogP contribution in [0.4, 0.5) is 10.1 Å². The number of rotatable bonds is 3. The van der Waals surface area contributed by atoms with Crippen molar-refractivity contribution in [1.29, 1.82) is 0 Å².